The topological polar surface area (TPSA) is 29.5 Å². The average Bonchev–Trinajstić information content (AvgIpc) is 2.01. The van der Waals surface area contributed by atoms with Crippen molar-refractivity contribution in [1.82, 2.24) is 5.06 Å². The van der Waals surface area contributed by atoms with Gasteiger partial charge in [0.05, 0.1) is 7.11 Å². The summed E-state index contributed by atoms with van der Waals surface area (Å²) >= 11 is 0. The van der Waals surface area contributed by atoms with Crippen molar-refractivity contribution >= 4 is 5.91 Å². The van der Waals surface area contributed by atoms with Crippen molar-refractivity contribution in [3.8, 4) is 0 Å². The fourth-order valence-electron chi connectivity index (χ4n) is 0.807. The van der Waals surface area contributed by atoms with Crippen molar-refractivity contribution < 1.29 is 9.63 Å². The molecule has 0 fully saturated rings. The lowest BCUT2D eigenvalue weighted by atomic mass is 9.78. The van der Waals surface area contributed by atoms with Crippen LogP contribution in [0.2, 0.25) is 0 Å². The minimum atomic E-state index is 0.0289. The lowest BCUT2D eigenvalue weighted by Gasteiger charge is -2.29. The van der Waals surface area contributed by atoms with Gasteiger partial charge in [0.15, 0.2) is 0 Å². The Hall–Kier alpha value is -0.570. The summed E-state index contributed by atoms with van der Waals surface area (Å²) in [5.74, 6) is 0.517. The van der Waals surface area contributed by atoms with E-state index in [0.29, 0.717) is 12.3 Å². The minimum Gasteiger partial charge on any atom is -0.275 e. The first-order valence-corrected chi connectivity index (χ1v) is 4.62. The average molecular weight is 187 g/mol. The van der Waals surface area contributed by atoms with Gasteiger partial charge in [0.2, 0.25) is 5.91 Å². The molecule has 0 aromatic rings. The first-order valence-electron chi connectivity index (χ1n) is 4.62. The molecule has 3 nitrogen and oxygen atoms in total. The highest BCUT2D eigenvalue weighted by molar-refractivity contribution is 5.75. The Balaban J connectivity index is 4.19. The molecule has 3 heteroatoms. The fourth-order valence-corrected chi connectivity index (χ4v) is 0.807. The molecule has 0 unspecified atom stereocenters. The summed E-state index contributed by atoms with van der Waals surface area (Å²) < 4.78 is 0. The summed E-state index contributed by atoms with van der Waals surface area (Å²) in [4.78, 5) is 16.3. The van der Waals surface area contributed by atoms with E-state index in [1.54, 1.807) is 7.05 Å². The van der Waals surface area contributed by atoms with E-state index in [1.165, 1.54) is 12.2 Å². The maximum Gasteiger partial charge on any atom is 0.246 e. The molecule has 0 spiro atoms. The van der Waals surface area contributed by atoms with Gasteiger partial charge in [-0.15, -0.1) is 0 Å². The predicted octanol–water partition coefficient (Wildman–Crippen LogP) is 2.08. The predicted molar refractivity (Wildman–Crippen MR) is 53.0 cm³/mol. The maximum absolute atomic E-state index is 11.5. The molecular weight excluding hydrogens is 166 g/mol. The molecule has 0 saturated heterocycles. The Bertz CT molecular complexity index is 176. The van der Waals surface area contributed by atoms with Gasteiger partial charge in [-0.3, -0.25) is 9.63 Å². The molecule has 0 bridgehead atoms. The summed E-state index contributed by atoms with van der Waals surface area (Å²) in [6.07, 6.45) is 0.523. The molecule has 0 rings (SSSR count). The van der Waals surface area contributed by atoms with Crippen LogP contribution in [0.5, 0.6) is 0 Å². The standard InChI is InChI=1S/C10H21NO2/c1-8(2)10(3,4)7-9(12)11(5)13-6/h8H,7H2,1-6H3. The molecule has 1 amide bonds. The van der Waals surface area contributed by atoms with Gasteiger partial charge in [-0.05, 0) is 11.3 Å². The van der Waals surface area contributed by atoms with E-state index in [4.69, 9.17) is 4.84 Å². The largest absolute Gasteiger partial charge is 0.275 e. The summed E-state index contributed by atoms with van der Waals surface area (Å²) in [7, 11) is 3.14. The van der Waals surface area contributed by atoms with Crippen molar-refractivity contribution in [1.29, 1.82) is 0 Å². The van der Waals surface area contributed by atoms with Gasteiger partial charge >= 0.3 is 0 Å². The molecule has 13 heavy (non-hydrogen) atoms. The number of amides is 1. The Morgan fingerprint density at radius 3 is 2.23 bits per heavy atom. The van der Waals surface area contributed by atoms with Gasteiger partial charge in [-0.2, -0.15) is 0 Å². The molecule has 0 aliphatic carbocycles. The highest BCUT2D eigenvalue weighted by Gasteiger charge is 2.27. The lowest BCUT2D eigenvalue weighted by Crippen LogP contribution is -2.32. The SMILES string of the molecule is CON(C)C(=O)CC(C)(C)C(C)C. The van der Waals surface area contributed by atoms with Gasteiger partial charge in [0.25, 0.3) is 0 Å². The van der Waals surface area contributed by atoms with E-state index in [0.717, 1.165) is 0 Å². The molecule has 78 valence electrons. The van der Waals surface area contributed by atoms with E-state index in [9.17, 15) is 4.79 Å². The maximum atomic E-state index is 11.5. The zero-order valence-corrected chi connectivity index (χ0v) is 9.55. The molecule has 0 N–H and O–H groups in total. The second kappa shape index (κ2) is 4.61. The molecule has 0 aromatic heterocycles. The van der Waals surface area contributed by atoms with Crippen LogP contribution in [0.25, 0.3) is 0 Å². The molecule has 0 radical (unpaired) electrons. The van der Waals surface area contributed by atoms with E-state index < -0.39 is 0 Å². The third-order valence-corrected chi connectivity index (χ3v) is 2.79. The molecule has 0 saturated carbocycles. The minimum absolute atomic E-state index is 0.0289. The van der Waals surface area contributed by atoms with Gasteiger partial charge in [-0.1, -0.05) is 27.7 Å². The number of hydrogen-bond acceptors (Lipinski definition) is 2. The zero-order valence-electron chi connectivity index (χ0n) is 9.55. The normalized spacial score (nSPS) is 11.9. The Morgan fingerprint density at radius 2 is 1.92 bits per heavy atom. The van der Waals surface area contributed by atoms with Gasteiger partial charge in [-0.25, -0.2) is 5.06 Å². The first kappa shape index (κ1) is 12.4. The number of hydroxylamine groups is 2. The monoisotopic (exact) mass is 187 g/mol. The quantitative estimate of drug-likeness (QED) is 0.631. The number of carbonyl (C=O) groups excluding carboxylic acids is 1. The Labute approximate surface area is 81.0 Å². The smallest absolute Gasteiger partial charge is 0.246 e. The van der Waals surface area contributed by atoms with Gasteiger partial charge in [0, 0.05) is 13.5 Å². The van der Waals surface area contributed by atoms with Crippen LogP contribution in [0.1, 0.15) is 34.1 Å². The van der Waals surface area contributed by atoms with Crippen molar-refractivity contribution in [2.24, 2.45) is 11.3 Å². The highest BCUT2D eigenvalue weighted by atomic mass is 16.7. The Kier molecular flexibility index (Phi) is 4.40. The van der Waals surface area contributed by atoms with E-state index in [1.807, 2.05) is 0 Å². The van der Waals surface area contributed by atoms with Crippen LogP contribution in [-0.2, 0) is 9.63 Å². The molecule has 0 aliphatic rings. The number of rotatable bonds is 4. The van der Waals surface area contributed by atoms with Crippen molar-refractivity contribution in [2.75, 3.05) is 14.2 Å². The van der Waals surface area contributed by atoms with Crippen LogP contribution >= 0.6 is 0 Å². The van der Waals surface area contributed by atoms with E-state index in [-0.39, 0.29) is 11.3 Å². The molecule has 0 aliphatic heterocycles. The summed E-state index contributed by atoms with van der Waals surface area (Å²) in [6, 6.07) is 0. The van der Waals surface area contributed by atoms with Gasteiger partial charge in [0.1, 0.15) is 0 Å². The zero-order chi connectivity index (χ0) is 10.6. The van der Waals surface area contributed by atoms with E-state index in [2.05, 4.69) is 27.7 Å². The number of carbonyl (C=O) groups is 1. The second-order valence-corrected chi connectivity index (χ2v) is 4.39. The van der Waals surface area contributed by atoms with E-state index >= 15 is 0 Å². The summed E-state index contributed by atoms with van der Waals surface area (Å²) in [6.45, 7) is 8.44. The lowest BCUT2D eigenvalue weighted by molar-refractivity contribution is -0.171. The first-order chi connectivity index (χ1) is 5.81. The second-order valence-electron chi connectivity index (χ2n) is 4.39. The third-order valence-electron chi connectivity index (χ3n) is 2.79. The summed E-state index contributed by atoms with van der Waals surface area (Å²) in [5, 5.41) is 1.28. The van der Waals surface area contributed by atoms with Crippen LogP contribution in [0.3, 0.4) is 0 Å². The molecule has 0 heterocycles. The highest BCUT2D eigenvalue weighted by Crippen LogP contribution is 2.30. The van der Waals surface area contributed by atoms with Crippen molar-refractivity contribution in [3.05, 3.63) is 0 Å². The fraction of sp³-hybridized carbons (Fsp3) is 0.900. The Morgan fingerprint density at radius 1 is 1.46 bits per heavy atom. The number of hydrogen-bond donors (Lipinski definition) is 0. The van der Waals surface area contributed by atoms with Crippen LogP contribution in [0.4, 0.5) is 0 Å². The van der Waals surface area contributed by atoms with Gasteiger partial charge < -0.3 is 0 Å². The van der Waals surface area contributed by atoms with Crippen molar-refractivity contribution in [2.45, 2.75) is 34.1 Å². The number of nitrogens with zero attached hydrogens (tertiary/aromatic N) is 1. The molecule has 0 aromatic carbocycles. The van der Waals surface area contributed by atoms with Crippen LogP contribution in [0, 0.1) is 11.3 Å². The van der Waals surface area contributed by atoms with Crippen LogP contribution in [-0.4, -0.2) is 25.1 Å². The molecule has 0 atom stereocenters. The third kappa shape index (κ3) is 3.77. The van der Waals surface area contributed by atoms with Crippen LogP contribution < -0.4 is 0 Å². The summed E-state index contributed by atoms with van der Waals surface area (Å²) in [5.41, 5.74) is 0.0316. The van der Waals surface area contributed by atoms with Crippen molar-refractivity contribution in [3.63, 3.8) is 0 Å². The molecular formula is C10H21NO2. The van der Waals surface area contributed by atoms with Crippen LogP contribution in [0.15, 0.2) is 0 Å².